The van der Waals surface area contributed by atoms with Gasteiger partial charge < -0.3 is 16.4 Å². The van der Waals surface area contributed by atoms with E-state index in [2.05, 4.69) is 25.6 Å². The van der Waals surface area contributed by atoms with Crippen molar-refractivity contribution in [3.8, 4) is 0 Å². The molecular formula is C12H13ClN6O. The van der Waals surface area contributed by atoms with Crippen LogP contribution in [0.5, 0.6) is 0 Å². The van der Waals surface area contributed by atoms with Gasteiger partial charge in [0.15, 0.2) is 22.5 Å². The van der Waals surface area contributed by atoms with E-state index in [1.807, 2.05) is 6.92 Å². The van der Waals surface area contributed by atoms with Crippen molar-refractivity contribution in [1.29, 1.82) is 0 Å². The SMILES string of the molecule is CCNc1nc(N)c(C(=O)Nc2ccccn2)nc1Cl. The molecule has 2 aromatic heterocycles. The lowest BCUT2D eigenvalue weighted by atomic mass is 10.3. The first-order valence-electron chi connectivity index (χ1n) is 5.91. The summed E-state index contributed by atoms with van der Waals surface area (Å²) in [5, 5.41) is 5.56. The molecule has 0 saturated carbocycles. The van der Waals surface area contributed by atoms with Crippen molar-refractivity contribution in [2.75, 3.05) is 22.9 Å². The van der Waals surface area contributed by atoms with Crippen molar-refractivity contribution < 1.29 is 4.79 Å². The highest BCUT2D eigenvalue weighted by molar-refractivity contribution is 6.32. The first-order chi connectivity index (χ1) is 9.61. The Bertz CT molecular complexity index is 619. The second-order valence-electron chi connectivity index (χ2n) is 3.80. The second-order valence-corrected chi connectivity index (χ2v) is 4.15. The van der Waals surface area contributed by atoms with E-state index in [0.29, 0.717) is 18.2 Å². The van der Waals surface area contributed by atoms with Crippen LogP contribution >= 0.6 is 11.6 Å². The van der Waals surface area contributed by atoms with Gasteiger partial charge in [0.25, 0.3) is 5.91 Å². The van der Waals surface area contributed by atoms with Gasteiger partial charge >= 0.3 is 0 Å². The fourth-order valence-corrected chi connectivity index (χ4v) is 1.68. The number of hydrogen-bond donors (Lipinski definition) is 3. The lowest BCUT2D eigenvalue weighted by Crippen LogP contribution is -2.18. The minimum Gasteiger partial charge on any atom is -0.382 e. The monoisotopic (exact) mass is 292 g/mol. The number of amides is 1. The van der Waals surface area contributed by atoms with E-state index in [1.54, 1.807) is 24.4 Å². The molecule has 0 aromatic carbocycles. The Morgan fingerprint density at radius 1 is 1.40 bits per heavy atom. The molecule has 0 unspecified atom stereocenters. The van der Waals surface area contributed by atoms with E-state index in [9.17, 15) is 4.79 Å². The van der Waals surface area contributed by atoms with E-state index in [4.69, 9.17) is 17.3 Å². The summed E-state index contributed by atoms with van der Waals surface area (Å²) >= 11 is 5.94. The Labute approximate surface area is 120 Å². The van der Waals surface area contributed by atoms with Crippen LogP contribution in [-0.2, 0) is 0 Å². The van der Waals surface area contributed by atoms with Gasteiger partial charge in [0, 0.05) is 12.7 Å². The Morgan fingerprint density at radius 2 is 2.20 bits per heavy atom. The number of nitrogens with one attached hydrogen (secondary N) is 2. The van der Waals surface area contributed by atoms with E-state index in [1.165, 1.54) is 0 Å². The molecule has 0 aliphatic heterocycles. The largest absolute Gasteiger partial charge is 0.382 e. The molecule has 2 heterocycles. The topological polar surface area (TPSA) is 106 Å². The van der Waals surface area contributed by atoms with Crippen molar-refractivity contribution >= 4 is 35.0 Å². The number of aromatic nitrogens is 3. The van der Waals surface area contributed by atoms with Crippen LogP contribution in [0, 0.1) is 0 Å². The van der Waals surface area contributed by atoms with Crippen molar-refractivity contribution in [3.05, 3.63) is 35.2 Å². The molecular weight excluding hydrogens is 280 g/mol. The van der Waals surface area contributed by atoms with Gasteiger partial charge in [-0.1, -0.05) is 17.7 Å². The average Bonchev–Trinajstić information content (AvgIpc) is 2.43. The minimum absolute atomic E-state index is 0.00113. The summed E-state index contributed by atoms with van der Waals surface area (Å²) in [6.07, 6.45) is 1.56. The number of nitrogen functional groups attached to an aromatic ring is 1. The molecule has 104 valence electrons. The maximum Gasteiger partial charge on any atom is 0.279 e. The normalized spacial score (nSPS) is 10.1. The molecule has 0 saturated heterocycles. The predicted octanol–water partition coefficient (Wildman–Crippen LogP) is 1.79. The molecule has 1 amide bonds. The number of nitrogens with two attached hydrogens (primary N) is 1. The predicted molar refractivity (Wildman–Crippen MR) is 77.8 cm³/mol. The number of halogens is 1. The Balaban J connectivity index is 2.24. The first kappa shape index (κ1) is 14.0. The third-order valence-corrected chi connectivity index (χ3v) is 2.61. The van der Waals surface area contributed by atoms with Crippen molar-refractivity contribution in [2.45, 2.75) is 6.92 Å². The van der Waals surface area contributed by atoms with Gasteiger partial charge in [-0.2, -0.15) is 0 Å². The molecule has 0 aliphatic carbocycles. The quantitative estimate of drug-likeness (QED) is 0.793. The van der Waals surface area contributed by atoms with Crippen LogP contribution in [-0.4, -0.2) is 27.4 Å². The van der Waals surface area contributed by atoms with Crippen LogP contribution in [0.4, 0.5) is 17.5 Å². The van der Waals surface area contributed by atoms with E-state index in [0.717, 1.165) is 0 Å². The van der Waals surface area contributed by atoms with Gasteiger partial charge in [0.05, 0.1) is 0 Å². The highest BCUT2D eigenvalue weighted by Gasteiger charge is 2.17. The maximum absolute atomic E-state index is 12.0. The van der Waals surface area contributed by atoms with Crippen LogP contribution in [0.15, 0.2) is 24.4 Å². The second kappa shape index (κ2) is 6.16. The zero-order valence-corrected chi connectivity index (χ0v) is 11.5. The van der Waals surface area contributed by atoms with Crippen molar-refractivity contribution in [1.82, 2.24) is 15.0 Å². The van der Waals surface area contributed by atoms with Crippen LogP contribution in [0.2, 0.25) is 5.15 Å². The van der Waals surface area contributed by atoms with E-state index >= 15 is 0 Å². The Kier molecular flexibility index (Phi) is 4.31. The molecule has 0 fully saturated rings. The smallest absolute Gasteiger partial charge is 0.279 e. The number of anilines is 3. The van der Waals surface area contributed by atoms with Crippen LogP contribution in [0.3, 0.4) is 0 Å². The lowest BCUT2D eigenvalue weighted by Gasteiger charge is -2.09. The molecule has 0 radical (unpaired) electrons. The van der Waals surface area contributed by atoms with E-state index in [-0.39, 0.29) is 16.7 Å². The van der Waals surface area contributed by atoms with Crippen LogP contribution < -0.4 is 16.4 Å². The van der Waals surface area contributed by atoms with Gasteiger partial charge in [0.2, 0.25) is 0 Å². The van der Waals surface area contributed by atoms with Crippen LogP contribution in [0.25, 0.3) is 0 Å². The molecule has 2 aromatic rings. The summed E-state index contributed by atoms with van der Waals surface area (Å²) in [5.74, 6) is 0.226. The maximum atomic E-state index is 12.0. The molecule has 7 nitrogen and oxygen atoms in total. The van der Waals surface area contributed by atoms with Crippen LogP contribution in [0.1, 0.15) is 17.4 Å². The summed E-state index contributed by atoms with van der Waals surface area (Å²) in [5.41, 5.74) is 5.68. The summed E-state index contributed by atoms with van der Waals surface area (Å²) in [4.78, 5) is 24.0. The van der Waals surface area contributed by atoms with Crippen molar-refractivity contribution in [3.63, 3.8) is 0 Å². The van der Waals surface area contributed by atoms with Gasteiger partial charge in [0.1, 0.15) is 5.82 Å². The van der Waals surface area contributed by atoms with Gasteiger partial charge in [-0.05, 0) is 19.1 Å². The molecule has 2 rings (SSSR count). The zero-order chi connectivity index (χ0) is 14.5. The number of carbonyl (C=O) groups excluding carboxylic acids is 1. The fourth-order valence-electron chi connectivity index (χ4n) is 1.49. The first-order valence-corrected chi connectivity index (χ1v) is 6.29. The molecule has 20 heavy (non-hydrogen) atoms. The molecule has 0 aliphatic rings. The van der Waals surface area contributed by atoms with E-state index < -0.39 is 5.91 Å². The summed E-state index contributed by atoms with van der Waals surface area (Å²) in [6.45, 7) is 2.50. The van der Waals surface area contributed by atoms with Gasteiger partial charge in [-0.15, -0.1) is 0 Å². The molecule has 4 N–H and O–H groups in total. The summed E-state index contributed by atoms with van der Waals surface area (Å²) < 4.78 is 0. The lowest BCUT2D eigenvalue weighted by molar-refractivity contribution is 0.102. The van der Waals surface area contributed by atoms with Crippen molar-refractivity contribution in [2.24, 2.45) is 0 Å². The summed E-state index contributed by atoms with van der Waals surface area (Å²) in [7, 11) is 0. The molecule has 8 heteroatoms. The number of hydrogen-bond acceptors (Lipinski definition) is 6. The summed E-state index contributed by atoms with van der Waals surface area (Å²) in [6, 6.07) is 5.14. The molecule has 0 spiro atoms. The highest BCUT2D eigenvalue weighted by Crippen LogP contribution is 2.20. The molecule has 0 bridgehead atoms. The third kappa shape index (κ3) is 3.12. The molecule has 0 atom stereocenters. The van der Waals surface area contributed by atoms with Gasteiger partial charge in [-0.25, -0.2) is 15.0 Å². The zero-order valence-electron chi connectivity index (χ0n) is 10.7. The standard InChI is InChI=1S/C12H13ClN6O/c1-2-15-11-9(13)18-8(10(14)19-11)12(20)17-7-5-3-4-6-16-7/h3-6H,2H2,1H3,(H3,14,15,19)(H,16,17,20). The number of carbonyl (C=O) groups is 1. The minimum atomic E-state index is -0.515. The third-order valence-electron chi connectivity index (χ3n) is 2.35. The Morgan fingerprint density at radius 3 is 2.85 bits per heavy atom. The Hall–Kier alpha value is -2.41. The number of nitrogens with zero attached hydrogens (tertiary/aromatic N) is 3. The fraction of sp³-hybridized carbons (Fsp3) is 0.167. The highest BCUT2D eigenvalue weighted by atomic mass is 35.5. The average molecular weight is 293 g/mol. The van der Waals surface area contributed by atoms with Gasteiger partial charge in [-0.3, -0.25) is 4.79 Å². The number of rotatable bonds is 4. The number of pyridine rings is 1.